The molecule has 0 unspecified atom stereocenters. The summed E-state index contributed by atoms with van der Waals surface area (Å²) in [7, 11) is 1.58. The normalized spacial score (nSPS) is 10.3. The van der Waals surface area contributed by atoms with Gasteiger partial charge in [0.05, 0.1) is 18.4 Å². The van der Waals surface area contributed by atoms with Crippen LogP contribution in [0.25, 0.3) is 0 Å². The molecule has 0 heterocycles. The zero-order chi connectivity index (χ0) is 21.3. The van der Waals surface area contributed by atoms with Gasteiger partial charge in [0.2, 0.25) is 5.91 Å². The first-order chi connectivity index (χ1) is 14.6. The van der Waals surface area contributed by atoms with Crippen LogP contribution in [-0.2, 0) is 4.79 Å². The van der Waals surface area contributed by atoms with E-state index in [4.69, 9.17) is 4.74 Å². The van der Waals surface area contributed by atoms with E-state index < -0.39 is 0 Å². The molecule has 0 aliphatic heterocycles. The van der Waals surface area contributed by atoms with Gasteiger partial charge in [-0.05, 0) is 54.8 Å². The molecule has 3 aromatic rings. The second-order valence-corrected chi connectivity index (χ2v) is 8.14. The molecule has 30 heavy (non-hydrogen) atoms. The van der Waals surface area contributed by atoms with Gasteiger partial charge in [-0.2, -0.15) is 0 Å². The van der Waals surface area contributed by atoms with Crippen LogP contribution in [0.3, 0.4) is 0 Å². The summed E-state index contributed by atoms with van der Waals surface area (Å²) in [5.41, 5.74) is 1.93. The Morgan fingerprint density at radius 3 is 2.40 bits per heavy atom. The zero-order valence-corrected chi connectivity index (χ0v) is 18.3. The van der Waals surface area contributed by atoms with Crippen molar-refractivity contribution in [3.05, 3.63) is 78.4 Å². The number of benzene rings is 3. The molecule has 3 rings (SSSR count). The minimum absolute atomic E-state index is 0.156. The highest BCUT2D eigenvalue weighted by Crippen LogP contribution is 2.25. The lowest BCUT2D eigenvalue weighted by Crippen LogP contribution is -2.16. The summed E-state index contributed by atoms with van der Waals surface area (Å²) in [4.78, 5) is 27.0. The number of hydrogen-bond acceptors (Lipinski definition) is 5. The zero-order valence-electron chi connectivity index (χ0n) is 16.7. The van der Waals surface area contributed by atoms with Crippen molar-refractivity contribution in [1.82, 2.24) is 0 Å². The average Bonchev–Trinajstić information content (AvgIpc) is 2.78. The average molecular weight is 439 g/mol. The SMILES string of the molecule is COc1cccc(NC(=O)CSc2ccccc2C(=O)Nc2ccc(SC)cc2)c1. The van der Waals surface area contributed by atoms with Crippen molar-refractivity contribution in [2.24, 2.45) is 0 Å². The molecule has 7 heteroatoms. The summed E-state index contributed by atoms with van der Waals surface area (Å²) in [5, 5.41) is 5.76. The van der Waals surface area contributed by atoms with Gasteiger partial charge in [0.1, 0.15) is 5.75 Å². The van der Waals surface area contributed by atoms with Crippen LogP contribution in [0.4, 0.5) is 11.4 Å². The van der Waals surface area contributed by atoms with E-state index in [0.29, 0.717) is 17.0 Å². The van der Waals surface area contributed by atoms with Crippen LogP contribution in [0.15, 0.2) is 82.6 Å². The van der Waals surface area contributed by atoms with E-state index in [0.717, 1.165) is 15.5 Å². The van der Waals surface area contributed by atoms with Crippen molar-refractivity contribution in [2.45, 2.75) is 9.79 Å². The van der Waals surface area contributed by atoms with Crippen LogP contribution < -0.4 is 15.4 Å². The van der Waals surface area contributed by atoms with Crippen LogP contribution in [0, 0.1) is 0 Å². The molecule has 0 bridgehead atoms. The molecule has 0 aromatic heterocycles. The van der Waals surface area contributed by atoms with Gasteiger partial charge in [-0.25, -0.2) is 0 Å². The van der Waals surface area contributed by atoms with Crippen molar-refractivity contribution >= 4 is 46.7 Å². The van der Waals surface area contributed by atoms with Gasteiger partial charge in [-0.3, -0.25) is 9.59 Å². The molecule has 0 aliphatic carbocycles. The van der Waals surface area contributed by atoms with E-state index in [1.165, 1.54) is 11.8 Å². The Morgan fingerprint density at radius 2 is 1.67 bits per heavy atom. The van der Waals surface area contributed by atoms with Crippen molar-refractivity contribution in [3.63, 3.8) is 0 Å². The van der Waals surface area contributed by atoms with E-state index in [9.17, 15) is 9.59 Å². The first-order valence-electron chi connectivity index (χ1n) is 9.20. The molecule has 0 saturated heterocycles. The molecular weight excluding hydrogens is 416 g/mol. The maximum absolute atomic E-state index is 12.8. The number of thioether (sulfide) groups is 2. The Bertz CT molecular complexity index is 1020. The number of ether oxygens (including phenoxy) is 1. The highest BCUT2D eigenvalue weighted by Gasteiger charge is 2.13. The second kappa shape index (κ2) is 10.8. The highest BCUT2D eigenvalue weighted by atomic mass is 32.2. The first kappa shape index (κ1) is 21.8. The van der Waals surface area contributed by atoms with Crippen LogP contribution in [0.5, 0.6) is 5.75 Å². The molecule has 0 radical (unpaired) electrons. The number of anilines is 2. The standard InChI is InChI=1S/C23H22N2O3S2/c1-28-18-7-5-6-17(14-18)24-22(26)15-30-21-9-4-3-8-20(21)23(27)25-16-10-12-19(29-2)13-11-16/h3-14H,15H2,1-2H3,(H,24,26)(H,25,27). The van der Waals surface area contributed by atoms with Gasteiger partial charge >= 0.3 is 0 Å². The van der Waals surface area contributed by atoms with Gasteiger partial charge < -0.3 is 15.4 Å². The summed E-state index contributed by atoms with van der Waals surface area (Å²) in [6.45, 7) is 0. The van der Waals surface area contributed by atoms with Crippen molar-refractivity contribution < 1.29 is 14.3 Å². The third-order valence-corrected chi connectivity index (χ3v) is 6.01. The van der Waals surface area contributed by atoms with Crippen LogP contribution in [0.2, 0.25) is 0 Å². The molecule has 0 saturated carbocycles. The lowest BCUT2D eigenvalue weighted by Gasteiger charge is -2.11. The van der Waals surface area contributed by atoms with Crippen LogP contribution in [-0.4, -0.2) is 30.9 Å². The monoisotopic (exact) mass is 438 g/mol. The van der Waals surface area contributed by atoms with Crippen molar-refractivity contribution in [2.75, 3.05) is 29.8 Å². The molecule has 2 amide bonds. The molecule has 0 spiro atoms. The van der Waals surface area contributed by atoms with Gasteiger partial charge in [-0.1, -0.05) is 18.2 Å². The molecule has 0 atom stereocenters. The Morgan fingerprint density at radius 1 is 0.900 bits per heavy atom. The fourth-order valence-corrected chi connectivity index (χ4v) is 3.95. The largest absolute Gasteiger partial charge is 0.497 e. The van der Waals surface area contributed by atoms with Crippen LogP contribution in [0.1, 0.15) is 10.4 Å². The summed E-state index contributed by atoms with van der Waals surface area (Å²) >= 11 is 2.97. The van der Waals surface area contributed by atoms with E-state index >= 15 is 0 Å². The fraction of sp³-hybridized carbons (Fsp3) is 0.130. The van der Waals surface area contributed by atoms with Crippen LogP contribution >= 0.6 is 23.5 Å². The van der Waals surface area contributed by atoms with Gasteiger partial charge in [-0.15, -0.1) is 23.5 Å². The molecule has 3 aromatic carbocycles. The Balaban J connectivity index is 1.62. The number of methoxy groups -OCH3 is 1. The quantitative estimate of drug-likeness (QED) is 0.461. The highest BCUT2D eigenvalue weighted by molar-refractivity contribution is 8.00. The van der Waals surface area contributed by atoms with Crippen molar-refractivity contribution in [1.29, 1.82) is 0 Å². The van der Waals surface area contributed by atoms with E-state index in [1.807, 2.05) is 60.9 Å². The third kappa shape index (κ3) is 6.05. The molecule has 2 N–H and O–H groups in total. The Kier molecular flexibility index (Phi) is 7.82. The topological polar surface area (TPSA) is 67.4 Å². The Labute approximate surface area is 184 Å². The molecule has 0 fully saturated rings. The molecule has 5 nitrogen and oxygen atoms in total. The number of rotatable bonds is 8. The van der Waals surface area contributed by atoms with Crippen molar-refractivity contribution in [3.8, 4) is 5.75 Å². The number of carbonyl (C=O) groups is 2. The van der Waals surface area contributed by atoms with Gasteiger partial charge in [0.15, 0.2) is 0 Å². The van der Waals surface area contributed by atoms with E-state index in [1.54, 1.807) is 37.1 Å². The third-order valence-electron chi connectivity index (χ3n) is 4.19. The van der Waals surface area contributed by atoms with Gasteiger partial charge in [0.25, 0.3) is 5.91 Å². The number of nitrogens with one attached hydrogen (secondary N) is 2. The fourth-order valence-electron chi connectivity index (χ4n) is 2.69. The number of carbonyl (C=O) groups excluding carboxylic acids is 2. The predicted molar refractivity (Wildman–Crippen MR) is 125 cm³/mol. The number of hydrogen-bond donors (Lipinski definition) is 2. The summed E-state index contributed by atoms with van der Waals surface area (Å²) in [6.07, 6.45) is 2.01. The summed E-state index contributed by atoms with van der Waals surface area (Å²) in [5.74, 6) is 0.497. The van der Waals surface area contributed by atoms with E-state index in [2.05, 4.69) is 10.6 Å². The Hall–Kier alpha value is -2.90. The minimum atomic E-state index is -0.205. The lowest BCUT2D eigenvalue weighted by atomic mass is 10.2. The predicted octanol–water partition coefficient (Wildman–Crippen LogP) is 5.40. The molecule has 154 valence electrons. The maximum atomic E-state index is 12.8. The summed E-state index contributed by atoms with van der Waals surface area (Å²) in [6, 6.07) is 22.1. The smallest absolute Gasteiger partial charge is 0.256 e. The maximum Gasteiger partial charge on any atom is 0.256 e. The number of amides is 2. The summed E-state index contributed by atoms with van der Waals surface area (Å²) < 4.78 is 5.17. The van der Waals surface area contributed by atoms with E-state index in [-0.39, 0.29) is 17.6 Å². The second-order valence-electron chi connectivity index (χ2n) is 6.25. The first-order valence-corrected chi connectivity index (χ1v) is 11.4. The van der Waals surface area contributed by atoms with Gasteiger partial charge in [0, 0.05) is 27.2 Å². The molecular formula is C23H22N2O3S2. The minimum Gasteiger partial charge on any atom is -0.497 e. The molecule has 0 aliphatic rings. The lowest BCUT2D eigenvalue weighted by molar-refractivity contribution is -0.113.